The van der Waals surface area contributed by atoms with Gasteiger partial charge < -0.3 is 9.47 Å². The van der Waals surface area contributed by atoms with Gasteiger partial charge in [-0.2, -0.15) is 5.10 Å². The van der Waals surface area contributed by atoms with Gasteiger partial charge in [0, 0.05) is 20.6 Å². The number of hydrazone groups is 1. The summed E-state index contributed by atoms with van der Waals surface area (Å²) in [5.74, 6) is 0.101. The van der Waals surface area contributed by atoms with Gasteiger partial charge in [-0.05, 0) is 73.2 Å². The van der Waals surface area contributed by atoms with Crippen LogP contribution in [0.15, 0.2) is 76.3 Å². The highest BCUT2D eigenvalue weighted by atomic mass is 79.9. The van der Waals surface area contributed by atoms with Crippen LogP contribution in [0.5, 0.6) is 11.5 Å². The molecule has 1 N–H and O–H groups in total. The number of carbonyl (C=O) groups excluding carboxylic acids is 2. The number of rotatable bonds is 9. The number of nitrogens with zero attached hydrogens (tertiary/aromatic N) is 1. The molecule has 3 aromatic rings. The number of nitrogens with one attached hydrogen (secondary N) is 1. The summed E-state index contributed by atoms with van der Waals surface area (Å²) in [5, 5.41) is 4.53. The van der Waals surface area contributed by atoms with Crippen LogP contribution >= 0.6 is 27.5 Å². The molecule has 0 fully saturated rings. The van der Waals surface area contributed by atoms with Gasteiger partial charge in [0.25, 0.3) is 5.91 Å². The van der Waals surface area contributed by atoms with Crippen LogP contribution in [-0.2, 0) is 0 Å². The summed E-state index contributed by atoms with van der Waals surface area (Å²) >= 11 is 9.25. The zero-order valence-electron chi connectivity index (χ0n) is 17.9. The molecular weight excluding hydrogens is 508 g/mol. The number of esters is 1. The summed E-state index contributed by atoms with van der Waals surface area (Å²) in [6, 6.07) is 18.3. The Kier molecular flexibility index (Phi) is 9.04. The molecule has 0 aliphatic heterocycles. The third-order valence-electron chi connectivity index (χ3n) is 4.51. The summed E-state index contributed by atoms with van der Waals surface area (Å²) in [4.78, 5) is 24.8. The van der Waals surface area contributed by atoms with Crippen molar-refractivity contribution in [3.05, 3.63) is 92.9 Å². The van der Waals surface area contributed by atoms with E-state index in [0.717, 1.165) is 17.3 Å². The standard InChI is InChI=1S/C25H22BrClN2O4/c1-2-3-14-32-22-11-6-17(7-12-22)24(30)29-28-16-19-15-20(26)8-13-23(19)33-25(31)18-4-9-21(27)10-5-18/h4-13,15-16H,2-3,14H2,1H3,(H,29,30)/b28-16+. The third-order valence-corrected chi connectivity index (χ3v) is 5.25. The highest BCUT2D eigenvalue weighted by molar-refractivity contribution is 9.10. The molecular formula is C25H22BrClN2O4. The number of carbonyl (C=O) groups is 2. The number of hydrogen-bond acceptors (Lipinski definition) is 5. The van der Waals surface area contributed by atoms with Gasteiger partial charge in [0.2, 0.25) is 0 Å². The zero-order chi connectivity index (χ0) is 23.6. The van der Waals surface area contributed by atoms with E-state index in [4.69, 9.17) is 21.1 Å². The molecule has 0 unspecified atom stereocenters. The Labute approximate surface area is 205 Å². The van der Waals surface area contributed by atoms with Crippen LogP contribution in [0.1, 0.15) is 46.0 Å². The minimum Gasteiger partial charge on any atom is -0.494 e. The molecule has 0 saturated carbocycles. The molecule has 0 heterocycles. The molecule has 0 aliphatic carbocycles. The van der Waals surface area contributed by atoms with Crippen molar-refractivity contribution in [3.8, 4) is 11.5 Å². The Balaban J connectivity index is 1.64. The lowest BCUT2D eigenvalue weighted by Crippen LogP contribution is -2.17. The van der Waals surface area contributed by atoms with Gasteiger partial charge in [0.15, 0.2) is 0 Å². The fraction of sp³-hybridized carbons (Fsp3) is 0.160. The molecule has 0 aliphatic rings. The van der Waals surface area contributed by atoms with E-state index in [1.807, 2.05) is 0 Å². The fourth-order valence-corrected chi connectivity index (χ4v) is 3.22. The van der Waals surface area contributed by atoms with E-state index in [1.54, 1.807) is 66.7 Å². The Morgan fingerprint density at radius 3 is 2.42 bits per heavy atom. The fourth-order valence-electron chi connectivity index (χ4n) is 2.72. The van der Waals surface area contributed by atoms with Crippen LogP contribution in [0.25, 0.3) is 0 Å². The maximum atomic E-state index is 12.4. The third kappa shape index (κ3) is 7.44. The van der Waals surface area contributed by atoms with Gasteiger partial charge in [-0.15, -0.1) is 0 Å². The first-order valence-electron chi connectivity index (χ1n) is 10.3. The summed E-state index contributed by atoms with van der Waals surface area (Å²) in [6.07, 6.45) is 3.44. The SMILES string of the molecule is CCCCOc1ccc(C(=O)N/N=C/c2cc(Br)ccc2OC(=O)c2ccc(Cl)cc2)cc1. The number of amides is 1. The van der Waals surface area contributed by atoms with E-state index < -0.39 is 5.97 Å². The number of unbranched alkanes of at least 4 members (excludes halogenated alkanes) is 1. The van der Waals surface area contributed by atoms with E-state index in [-0.39, 0.29) is 5.91 Å². The molecule has 0 radical (unpaired) electrons. The smallest absolute Gasteiger partial charge is 0.343 e. The lowest BCUT2D eigenvalue weighted by atomic mass is 10.2. The summed E-state index contributed by atoms with van der Waals surface area (Å²) in [6.45, 7) is 2.74. The van der Waals surface area contributed by atoms with Crippen molar-refractivity contribution in [2.24, 2.45) is 5.10 Å². The van der Waals surface area contributed by atoms with Gasteiger partial charge in [-0.1, -0.05) is 40.9 Å². The summed E-state index contributed by atoms with van der Waals surface area (Å²) in [5.41, 5.74) is 3.79. The van der Waals surface area contributed by atoms with Crippen LogP contribution in [0.4, 0.5) is 0 Å². The first-order valence-corrected chi connectivity index (χ1v) is 11.5. The number of hydrogen-bond donors (Lipinski definition) is 1. The predicted octanol–water partition coefficient (Wildman–Crippen LogP) is 6.26. The largest absolute Gasteiger partial charge is 0.494 e. The van der Waals surface area contributed by atoms with Gasteiger partial charge in [0.05, 0.1) is 18.4 Å². The van der Waals surface area contributed by atoms with Gasteiger partial charge in [-0.3, -0.25) is 4.79 Å². The predicted molar refractivity (Wildman–Crippen MR) is 132 cm³/mol. The molecule has 0 aromatic heterocycles. The van der Waals surface area contributed by atoms with Crippen molar-refractivity contribution in [1.82, 2.24) is 5.43 Å². The maximum Gasteiger partial charge on any atom is 0.343 e. The van der Waals surface area contributed by atoms with Crippen molar-refractivity contribution in [1.29, 1.82) is 0 Å². The first-order chi connectivity index (χ1) is 16.0. The van der Waals surface area contributed by atoms with Gasteiger partial charge >= 0.3 is 5.97 Å². The monoisotopic (exact) mass is 528 g/mol. The topological polar surface area (TPSA) is 77.0 Å². The summed E-state index contributed by atoms with van der Waals surface area (Å²) in [7, 11) is 0. The quantitative estimate of drug-likeness (QED) is 0.117. The molecule has 0 spiro atoms. The van der Waals surface area contributed by atoms with E-state index in [1.165, 1.54) is 6.21 Å². The van der Waals surface area contributed by atoms with Crippen LogP contribution in [-0.4, -0.2) is 24.7 Å². The summed E-state index contributed by atoms with van der Waals surface area (Å²) < 4.78 is 11.9. The lowest BCUT2D eigenvalue weighted by Gasteiger charge is -2.08. The highest BCUT2D eigenvalue weighted by Crippen LogP contribution is 2.23. The average molecular weight is 530 g/mol. The second-order valence-corrected chi connectivity index (χ2v) is 8.36. The molecule has 1 amide bonds. The van der Waals surface area contributed by atoms with E-state index >= 15 is 0 Å². The zero-order valence-corrected chi connectivity index (χ0v) is 20.2. The first kappa shape index (κ1) is 24.5. The van der Waals surface area contributed by atoms with Crippen molar-refractivity contribution in [3.63, 3.8) is 0 Å². The molecule has 6 nitrogen and oxygen atoms in total. The van der Waals surface area contributed by atoms with Crippen molar-refractivity contribution in [2.45, 2.75) is 19.8 Å². The Morgan fingerprint density at radius 1 is 1.03 bits per heavy atom. The number of ether oxygens (including phenoxy) is 2. The number of halogens is 2. The van der Waals surface area contributed by atoms with Crippen LogP contribution < -0.4 is 14.9 Å². The second-order valence-electron chi connectivity index (χ2n) is 7.00. The van der Waals surface area contributed by atoms with Crippen molar-refractivity contribution in [2.75, 3.05) is 6.61 Å². The molecule has 33 heavy (non-hydrogen) atoms. The average Bonchev–Trinajstić information content (AvgIpc) is 2.81. The van der Waals surface area contributed by atoms with Gasteiger partial charge in [0.1, 0.15) is 11.5 Å². The van der Waals surface area contributed by atoms with Gasteiger partial charge in [-0.25, -0.2) is 10.2 Å². The highest BCUT2D eigenvalue weighted by Gasteiger charge is 2.12. The van der Waals surface area contributed by atoms with Crippen LogP contribution in [0, 0.1) is 0 Å². The Morgan fingerprint density at radius 2 is 1.73 bits per heavy atom. The van der Waals surface area contributed by atoms with Crippen LogP contribution in [0.3, 0.4) is 0 Å². The number of benzene rings is 3. The molecule has 170 valence electrons. The second kappa shape index (κ2) is 12.2. The van der Waals surface area contributed by atoms with Crippen LogP contribution in [0.2, 0.25) is 5.02 Å². The van der Waals surface area contributed by atoms with Crippen molar-refractivity contribution < 1.29 is 19.1 Å². The molecule has 8 heteroatoms. The van der Waals surface area contributed by atoms with E-state index in [2.05, 4.69) is 33.4 Å². The Bertz CT molecular complexity index is 1130. The molecule has 3 rings (SSSR count). The maximum absolute atomic E-state index is 12.4. The minimum atomic E-state index is -0.533. The normalized spacial score (nSPS) is 10.8. The molecule has 3 aromatic carbocycles. The molecule has 0 atom stereocenters. The van der Waals surface area contributed by atoms with E-state index in [9.17, 15) is 9.59 Å². The minimum absolute atomic E-state index is 0.296. The molecule has 0 bridgehead atoms. The molecule has 0 saturated heterocycles. The van der Waals surface area contributed by atoms with E-state index in [0.29, 0.717) is 39.8 Å². The van der Waals surface area contributed by atoms with Crippen molar-refractivity contribution >= 4 is 45.6 Å². The lowest BCUT2D eigenvalue weighted by molar-refractivity contribution is 0.0734. The Hall–Kier alpha value is -3.16.